The fraction of sp³-hybridized carbons (Fsp3) is 0. The zero-order chi connectivity index (χ0) is 8.81. The average molecular weight is 250 g/mol. The Morgan fingerprint density at radius 3 is 1.08 bits per heavy atom. The molecule has 10 radical (unpaired) electrons. The van der Waals surface area contributed by atoms with Gasteiger partial charge in [0.2, 0.25) is 0 Å². The molecule has 2 aliphatic carbocycles. The maximum Gasteiger partial charge on any atom is 2.00 e. The van der Waals surface area contributed by atoms with E-state index >= 15 is 0 Å². The summed E-state index contributed by atoms with van der Waals surface area (Å²) in [5, 5.41) is 0. The molecule has 68 valence electrons. The summed E-state index contributed by atoms with van der Waals surface area (Å²) >= 11 is 0. The van der Waals surface area contributed by atoms with E-state index in [0.29, 0.717) is 0 Å². The van der Waals surface area contributed by atoms with Crippen LogP contribution in [0.4, 0.5) is 0 Å². The molecule has 0 heterocycles. The van der Waals surface area contributed by atoms with Gasteiger partial charge in [-0.05, 0) is 51.4 Å². The molecule has 0 spiro atoms. The van der Waals surface area contributed by atoms with Crippen LogP contribution in [0, 0.1) is 62.7 Å². The third-order valence-corrected chi connectivity index (χ3v) is 2.83. The molecule has 0 saturated heterocycles. The van der Waals surface area contributed by atoms with Crippen molar-refractivity contribution >= 4 is 18.5 Å². The molecule has 0 nitrogen and oxygen atoms in total. The van der Waals surface area contributed by atoms with Gasteiger partial charge in [-0.1, -0.05) is 0 Å². The van der Waals surface area contributed by atoms with E-state index in [1.54, 1.807) is 0 Å². The fourth-order valence-corrected chi connectivity index (χ4v) is 1.18. The topological polar surface area (TPSA) is 0 Å². The molecule has 0 aromatic rings. The van der Waals surface area contributed by atoms with Crippen molar-refractivity contribution in [2.24, 2.45) is 0 Å². The van der Waals surface area contributed by atoms with Crippen LogP contribution in [0.15, 0.2) is 0 Å². The Balaban J connectivity index is 0.000000215. The molecular formula is C10H12FeP2+2. The molecule has 2 unspecified atom stereocenters. The first-order valence-corrected chi connectivity index (χ1v) is 4.89. The van der Waals surface area contributed by atoms with Crippen LogP contribution in [0.1, 0.15) is 0 Å². The van der Waals surface area contributed by atoms with Crippen molar-refractivity contribution in [2.45, 2.75) is 0 Å². The summed E-state index contributed by atoms with van der Waals surface area (Å²) in [5.74, 6) is 0. The molecule has 2 aliphatic rings. The van der Waals surface area contributed by atoms with E-state index in [4.69, 9.17) is 0 Å². The van der Waals surface area contributed by atoms with Gasteiger partial charge in [-0.2, -0.15) is 0 Å². The van der Waals surface area contributed by atoms with Gasteiger partial charge in [-0.15, -0.1) is 18.5 Å². The SMILES string of the molecule is P[C]1[CH][CH][CH][C]1P.[CH]1[CH][CH][CH][CH]1.[Fe+2]. The van der Waals surface area contributed by atoms with E-state index in [-0.39, 0.29) is 17.1 Å². The standard InChI is InChI=1S/C5H7P2.C5H5.Fe/c6-4-2-1-3-5(4)7;1-2-4-5-3-1;/h1-3H,6-7H2;1-5H;/q;;+2. The molecule has 0 aromatic carbocycles. The van der Waals surface area contributed by atoms with Gasteiger partial charge in [-0.25, -0.2) is 0 Å². The Morgan fingerprint density at radius 2 is 0.923 bits per heavy atom. The first-order valence-electron chi connectivity index (χ1n) is 3.74. The molecular weight excluding hydrogens is 238 g/mol. The van der Waals surface area contributed by atoms with Crippen LogP contribution in [-0.4, -0.2) is 0 Å². The summed E-state index contributed by atoms with van der Waals surface area (Å²) in [6, 6.07) is 0. The first kappa shape index (κ1) is 14.4. The van der Waals surface area contributed by atoms with Crippen molar-refractivity contribution in [1.82, 2.24) is 0 Å². The second-order valence-corrected chi connectivity index (χ2v) is 3.64. The van der Waals surface area contributed by atoms with Gasteiger partial charge in [0.1, 0.15) is 0 Å². The maximum atomic E-state index is 2.65. The predicted octanol–water partition coefficient (Wildman–Crippen LogP) is 2.45. The van der Waals surface area contributed by atoms with Gasteiger partial charge in [0.05, 0.1) is 0 Å². The zero-order valence-electron chi connectivity index (χ0n) is 7.13. The largest absolute Gasteiger partial charge is 2.00 e. The average Bonchev–Trinajstić information content (AvgIpc) is 2.67. The summed E-state index contributed by atoms with van der Waals surface area (Å²) in [6.45, 7) is 0. The number of hydrogen-bond acceptors (Lipinski definition) is 0. The second-order valence-electron chi connectivity index (χ2n) is 2.40. The summed E-state index contributed by atoms with van der Waals surface area (Å²) in [5.41, 5.74) is 2.54. The molecule has 0 aliphatic heterocycles. The molecule has 13 heavy (non-hydrogen) atoms. The van der Waals surface area contributed by atoms with Crippen molar-refractivity contribution < 1.29 is 17.1 Å². The van der Waals surface area contributed by atoms with Crippen LogP contribution in [0.3, 0.4) is 0 Å². The van der Waals surface area contributed by atoms with E-state index in [1.165, 1.54) is 11.3 Å². The number of rotatable bonds is 0. The van der Waals surface area contributed by atoms with Gasteiger partial charge in [0.25, 0.3) is 0 Å². The minimum atomic E-state index is 0. The quantitative estimate of drug-likeness (QED) is 0.457. The van der Waals surface area contributed by atoms with E-state index in [9.17, 15) is 0 Å². The Morgan fingerprint density at radius 1 is 0.615 bits per heavy atom. The molecule has 2 rings (SSSR count). The normalized spacial score (nSPS) is 23.5. The summed E-state index contributed by atoms with van der Waals surface area (Å²) < 4.78 is 0. The third kappa shape index (κ3) is 6.46. The molecule has 2 atom stereocenters. The second kappa shape index (κ2) is 8.67. The molecule has 0 bridgehead atoms. The molecule has 0 amide bonds. The minimum absolute atomic E-state index is 0. The van der Waals surface area contributed by atoms with Crippen molar-refractivity contribution in [3.05, 3.63) is 62.7 Å². The van der Waals surface area contributed by atoms with E-state index in [0.717, 1.165) is 0 Å². The first-order chi connectivity index (χ1) is 5.80. The summed E-state index contributed by atoms with van der Waals surface area (Å²) in [6.07, 6.45) is 16.2. The van der Waals surface area contributed by atoms with Crippen LogP contribution in [0.25, 0.3) is 0 Å². The van der Waals surface area contributed by atoms with Crippen LogP contribution in [0.2, 0.25) is 0 Å². The van der Waals surface area contributed by atoms with Gasteiger partial charge in [0.15, 0.2) is 0 Å². The third-order valence-electron chi connectivity index (χ3n) is 1.44. The molecule has 3 heteroatoms. The van der Waals surface area contributed by atoms with E-state index in [2.05, 4.69) is 31.3 Å². The zero-order valence-corrected chi connectivity index (χ0v) is 10.5. The summed E-state index contributed by atoms with van der Waals surface area (Å²) in [7, 11) is 5.31. The maximum absolute atomic E-state index is 2.65. The van der Waals surface area contributed by atoms with Gasteiger partial charge >= 0.3 is 17.1 Å². The monoisotopic (exact) mass is 250 g/mol. The number of hydrogen-bond donors (Lipinski definition) is 0. The van der Waals surface area contributed by atoms with Gasteiger partial charge in [0, 0.05) is 11.3 Å². The summed E-state index contributed by atoms with van der Waals surface area (Å²) in [4.78, 5) is 0. The van der Waals surface area contributed by atoms with E-state index < -0.39 is 0 Å². The van der Waals surface area contributed by atoms with Gasteiger partial charge in [-0.3, -0.25) is 0 Å². The Labute approximate surface area is 98.3 Å². The molecule has 0 aromatic heterocycles. The van der Waals surface area contributed by atoms with Crippen molar-refractivity contribution in [3.63, 3.8) is 0 Å². The molecule has 2 saturated carbocycles. The fourth-order valence-electron chi connectivity index (χ4n) is 0.769. The van der Waals surface area contributed by atoms with Crippen LogP contribution >= 0.6 is 18.5 Å². The predicted molar refractivity (Wildman–Crippen MR) is 60.3 cm³/mol. The van der Waals surface area contributed by atoms with Crippen LogP contribution in [-0.2, 0) is 17.1 Å². The Bertz CT molecular complexity index is 99.9. The van der Waals surface area contributed by atoms with Crippen molar-refractivity contribution in [1.29, 1.82) is 0 Å². The Hall–Kier alpha value is 1.38. The smallest absolute Gasteiger partial charge is 0.129 e. The molecule has 2 fully saturated rings. The van der Waals surface area contributed by atoms with Crippen LogP contribution < -0.4 is 0 Å². The Kier molecular flexibility index (Phi) is 9.59. The van der Waals surface area contributed by atoms with Gasteiger partial charge < -0.3 is 0 Å². The van der Waals surface area contributed by atoms with E-state index in [1.807, 2.05) is 38.5 Å². The minimum Gasteiger partial charge on any atom is -0.129 e. The molecule has 0 N–H and O–H groups in total. The van der Waals surface area contributed by atoms with Crippen LogP contribution in [0.5, 0.6) is 0 Å². The van der Waals surface area contributed by atoms with Crippen molar-refractivity contribution in [2.75, 3.05) is 0 Å². The van der Waals surface area contributed by atoms with Crippen molar-refractivity contribution in [3.8, 4) is 0 Å².